The summed E-state index contributed by atoms with van der Waals surface area (Å²) in [7, 11) is 0. The molecule has 14 rings (SSSR count). The molecule has 0 aliphatic carbocycles. The van der Waals surface area contributed by atoms with E-state index < -0.39 is 0 Å². The quantitative estimate of drug-likeness (QED) is 0.173. The number of hydrogen-bond donors (Lipinski definition) is 0. The zero-order chi connectivity index (χ0) is 42.6. The van der Waals surface area contributed by atoms with Crippen LogP contribution in [0.25, 0.3) is 133 Å². The van der Waals surface area contributed by atoms with Crippen molar-refractivity contribution < 1.29 is 4.42 Å². The van der Waals surface area contributed by atoms with Crippen LogP contribution in [0.5, 0.6) is 0 Å². The molecule has 6 heteroatoms. The largest absolute Gasteiger partial charge is 0.456 e. The molecule has 302 valence electrons. The minimum absolute atomic E-state index is 0.548. The van der Waals surface area contributed by atoms with Crippen molar-refractivity contribution in [2.45, 2.75) is 0 Å². The van der Waals surface area contributed by atoms with Crippen molar-refractivity contribution in [2.75, 3.05) is 0 Å². The lowest BCUT2D eigenvalue weighted by atomic mass is 9.98. The Morgan fingerprint density at radius 1 is 0.323 bits per heavy atom. The highest BCUT2D eigenvalue weighted by Crippen LogP contribution is 2.44. The Labute approximate surface area is 371 Å². The van der Waals surface area contributed by atoms with E-state index in [-0.39, 0.29) is 0 Å². The van der Waals surface area contributed by atoms with Crippen LogP contribution in [0.1, 0.15) is 0 Å². The fourth-order valence-electron chi connectivity index (χ4n) is 10.2. The van der Waals surface area contributed by atoms with Gasteiger partial charge in [0.05, 0.1) is 27.8 Å². The summed E-state index contributed by atoms with van der Waals surface area (Å²) < 4.78 is 11.5. The monoisotopic (exact) mass is 829 g/mol. The Balaban J connectivity index is 1.06. The average molecular weight is 830 g/mol. The van der Waals surface area contributed by atoms with Gasteiger partial charge in [0.25, 0.3) is 0 Å². The summed E-state index contributed by atoms with van der Waals surface area (Å²) in [6.07, 6.45) is 0. The maximum Gasteiger partial charge on any atom is 0.238 e. The van der Waals surface area contributed by atoms with E-state index in [0.29, 0.717) is 17.6 Å². The Morgan fingerprint density at radius 3 is 1.66 bits per heavy atom. The third kappa shape index (κ3) is 5.44. The predicted molar refractivity (Wildman–Crippen MR) is 267 cm³/mol. The molecule has 0 N–H and O–H groups in total. The molecule has 65 heavy (non-hydrogen) atoms. The Morgan fingerprint density at radius 2 is 0.923 bits per heavy atom. The zero-order valence-corrected chi connectivity index (χ0v) is 34.9. The molecule has 0 spiro atoms. The molecule has 14 aromatic rings. The molecule has 0 bridgehead atoms. The van der Waals surface area contributed by atoms with Crippen molar-refractivity contribution in [1.29, 1.82) is 0 Å². The van der Waals surface area contributed by atoms with Gasteiger partial charge in [-0.25, -0.2) is 4.98 Å². The van der Waals surface area contributed by atoms with E-state index in [0.717, 1.165) is 93.5 Å². The predicted octanol–water partition coefficient (Wildman–Crippen LogP) is 15.3. The van der Waals surface area contributed by atoms with Crippen LogP contribution in [0.3, 0.4) is 0 Å². The summed E-state index contributed by atoms with van der Waals surface area (Å²) in [6, 6.07) is 75.1. The number of rotatable bonds is 5. The van der Waals surface area contributed by atoms with Gasteiger partial charge < -0.3 is 8.98 Å². The maximum atomic E-state index is 6.93. The van der Waals surface area contributed by atoms with E-state index in [2.05, 4.69) is 209 Å². The first-order valence-electron chi connectivity index (χ1n) is 21.9. The highest BCUT2D eigenvalue weighted by Gasteiger charge is 2.23. The van der Waals surface area contributed by atoms with Gasteiger partial charge in [0.1, 0.15) is 11.2 Å². The maximum absolute atomic E-state index is 6.93. The smallest absolute Gasteiger partial charge is 0.238 e. The topological polar surface area (TPSA) is 61.7 Å². The fraction of sp³-hybridized carbons (Fsp3) is 0. The van der Waals surface area contributed by atoms with Crippen molar-refractivity contribution in [1.82, 2.24) is 24.1 Å². The molecule has 0 amide bonds. The first-order valence-corrected chi connectivity index (χ1v) is 21.9. The van der Waals surface area contributed by atoms with Gasteiger partial charge in [-0.05, 0) is 75.6 Å². The lowest BCUT2D eigenvalue weighted by molar-refractivity contribution is 0.668. The average Bonchev–Trinajstić information content (AvgIpc) is 4.02. The van der Waals surface area contributed by atoms with Gasteiger partial charge in [0.2, 0.25) is 5.95 Å². The number of nitrogens with zero attached hydrogens (tertiary/aromatic N) is 5. The summed E-state index contributed by atoms with van der Waals surface area (Å²) in [5.74, 6) is 1.70. The lowest BCUT2D eigenvalue weighted by Crippen LogP contribution is -2.06. The van der Waals surface area contributed by atoms with Gasteiger partial charge in [-0.3, -0.25) is 4.57 Å². The Kier molecular flexibility index (Phi) is 7.59. The van der Waals surface area contributed by atoms with E-state index in [1.165, 1.54) is 21.5 Å². The van der Waals surface area contributed by atoms with Crippen molar-refractivity contribution in [3.63, 3.8) is 0 Å². The molecule has 0 aliphatic rings. The number of aromatic nitrogens is 5. The third-order valence-corrected chi connectivity index (χ3v) is 13.1. The third-order valence-electron chi connectivity index (χ3n) is 13.1. The fourth-order valence-corrected chi connectivity index (χ4v) is 10.2. The molecule has 0 saturated heterocycles. The molecule has 4 heterocycles. The summed E-state index contributed by atoms with van der Waals surface area (Å²) in [4.78, 5) is 16.0. The van der Waals surface area contributed by atoms with E-state index in [1.54, 1.807) is 0 Å². The number of furan rings is 1. The summed E-state index contributed by atoms with van der Waals surface area (Å²) >= 11 is 0. The van der Waals surface area contributed by atoms with Crippen LogP contribution < -0.4 is 0 Å². The highest BCUT2D eigenvalue weighted by molar-refractivity contribution is 6.17. The minimum Gasteiger partial charge on any atom is -0.456 e. The molecule has 0 radical (unpaired) electrons. The first kappa shape index (κ1) is 35.7. The van der Waals surface area contributed by atoms with E-state index in [1.807, 2.05) is 12.1 Å². The van der Waals surface area contributed by atoms with Crippen molar-refractivity contribution in [3.8, 4) is 45.5 Å². The Hall–Kier alpha value is -8.87. The van der Waals surface area contributed by atoms with Gasteiger partial charge in [-0.15, -0.1) is 0 Å². The second-order valence-electron chi connectivity index (χ2n) is 16.8. The molecule has 4 aromatic heterocycles. The summed E-state index contributed by atoms with van der Waals surface area (Å²) in [5.41, 5.74) is 10.9. The van der Waals surface area contributed by atoms with Crippen LogP contribution in [0, 0.1) is 0 Å². The van der Waals surface area contributed by atoms with Crippen LogP contribution in [-0.2, 0) is 0 Å². The minimum atomic E-state index is 0.548. The number of hydrogen-bond acceptors (Lipinski definition) is 4. The summed E-state index contributed by atoms with van der Waals surface area (Å²) in [6.45, 7) is 0. The molecule has 0 atom stereocenters. The SMILES string of the molecule is c1ccc(-c2cc3c(cc2-n2c4ccccc4c4cc5ccccc5cc42)oc2cccc(-c4nc(-c5ccc6ccccc6c5)nc(-n5c6ccccc6c6ccccc65)n4)c23)cc1. The first-order chi connectivity index (χ1) is 32.2. The standard InChI is InChI=1S/C59H35N5O/c1-2-16-37(17-3-1)46-34-48-55(35-53(46)63-49-25-11-10-23-44(49)47-32-39-19-6-7-20-40(39)33-52(47)63)65-54-28-14-24-45(56(48)54)58-60-57(41-30-29-36-15-4-5-18-38(36)31-41)61-59(62-58)64-50-26-12-8-21-42(50)43-22-9-13-27-51(43)64/h1-35H. The van der Waals surface area contributed by atoms with Gasteiger partial charge in [-0.2, -0.15) is 9.97 Å². The summed E-state index contributed by atoms with van der Waals surface area (Å²) in [5, 5.41) is 11.3. The molecular weight excluding hydrogens is 795 g/mol. The Bertz CT molecular complexity index is 4200. The van der Waals surface area contributed by atoms with E-state index in [4.69, 9.17) is 19.4 Å². The van der Waals surface area contributed by atoms with Crippen molar-refractivity contribution in [2.24, 2.45) is 0 Å². The number of fused-ring (bicyclic) bond motifs is 11. The second kappa shape index (κ2) is 13.8. The van der Waals surface area contributed by atoms with Crippen LogP contribution in [0.15, 0.2) is 217 Å². The van der Waals surface area contributed by atoms with Gasteiger partial charge in [0.15, 0.2) is 11.6 Å². The van der Waals surface area contributed by atoms with Crippen molar-refractivity contribution in [3.05, 3.63) is 212 Å². The van der Waals surface area contributed by atoms with Crippen LogP contribution in [-0.4, -0.2) is 24.1 Å². The van der Waals surface area contributed by atoms with E-state index in [9.17, 15) is 0 Å². The van der Waals surface area contributed by atoms with E-state index >= 15 is 0 Å². The molecule has 0 fully saturated rings. The number of benzene rings is 10. The zero-order valence-electron chi connectivity index (χ0n) is 34.9. The van der Waals surface area contributed by atoms with Crippen LogP contribution in [0.4, 0.5) is 0 Å². The molecule has 6 nitrogen and oxygen atoms in total. The normalized spacial score (nSPS) is 12.0. The van der Waals surface area contributed by atoms with Crippen LogP contribution >= 0.6 is 0 Å². The van der Waals surface area contributed by atoms with Crippen LogP contribution in [0.2, 0.25) is 0 Å². The molecule has 0 unspecified atom stereocenters. The lowest BCUT2D eigenvalue weighted by Gasteiger charge is -2.15. The highest BCUT2D eigenvalue weighted by atomic mass is 16.3. The molecular formula is C59H35N5O. The second-order valence-corrected chi connectivity index (χ2v) is 16.8. The van der Waals surface area contributed by atoms with Gasteiger partial charge >= 0.3 is 0 Å². The molecule has 0 aliphatic heterocycles. The van der Waals surface area contributed by atoms with Crippen molar-refractivity contribution >= 4 is 87.1 Å². The molecule has 10 aromatic carbocycles. The van der Waals surface area contributed by atoms with Gasteiger partial charge in [-0.1, -0.05) is 158 Å². The van der Waals surface area contributed by atoms with Gasteiger partial charge in [0, 0.05) is 55.1 Å². The number of para-hydroxylation sites is 3. The molecule has 0 saturated carbocycles.